The van der Waals surface area contributed by atoms with Crippen molar-refractivity contribution in [2.45, 2.75) is 25.3 Å². The maximum Gasteiger partial charge on any atom is 0.261 e. The van der Waals surface area contributed by atoms with Gasteiger partial charge in [-0.15, -0.1) is 0 Å². The van der Waals surface area contributed by atoms with E-state index in [2.05, 4.69) is 22.6 Å². The fraction of sp³-hybridized carbons (Fsp3) is 0.333. The van der Waals surface area contributed by atoms with Crippen molar-refractivity contribution in [2.75, 3.05) is 20.8 Å². The lowest BCUT2D eigenvalue weighted by Gasteiger charge is -2.26. The second-order valence-corrected chi connectivity index (χ2v) is 6.86. The number of halogens is 1. The lowest BCUT2D eigenvalue weighted by atomic mass is 9.88. The maximum absolute atomic E-state index is 12.2. The highest BCUT2D eigenvalue weighted by molar-refractivity contribution is 6.32. The van der Waals surface area contributed by atoms with E-state index in [0.29, 0.717) is 22.1 Å². The van der Waals surface area contributed by atoms with Crippen molar-refractivity contribution in [3.63, 3.8) is 0 Å². The van der Waals surface area contributed by atoms with E-state index in [1.54, 1.807) is 12.1 Å². The van der Waals surface area contributed by atoms with Gasteiger partial charge in [-0.2, -0.15) is 0 Å². The normalized spacial score (nSPS) is 15.8. The second-order valence-electron chi connectivity index (χ2n) is 6.46. The zero-order chi connectivity index (χ0) is 19.9. The first-order valence-corrected chi connectivity index (χ1v) is 9.44. The van der Waals surface area contributed by atoms with Gasteiger partial charge in [-0.3, -0.25) is 4.79 Å². The third-order valence-electron chi connectivity index (χ3n) is 4.63. The molecular weight excluding hydrogens is 380 g/mol. The molecule has 6 nitrogen and oxygen atoms in total. The molecule has 7 heteroatoms. The molecule has 0 radical (unpaired) electrons. The molecule has 1 N–H and O–H groups in total. The lowest BCUT2D eigenvalue weighted by molar-refractivity contribution is -0.126. The Morgan fingerprint density at radius 1 is 1.29 bits per heavy atom. The van der Waals surface area contributed by atoms with Crippen molar-refractivity contribution in [1.29, 1.82) is 0 Å². The van der Waals surface area contributed by atoms with Crippen LogP contribution in [0.2, 0.25) is 5.02 Å². The van der Waals surface area contributed by atoms with Gasteiger partial charge in [0.05, 0.1) is 31.5 Å². The van der Waals surface area contributed by atoms with Gasteiger partial charge in [-0.1, -0.05) is 41.0 Å². The van der Waals surface area contributed by atoms with Crippen molar-refractivity contribution < 1.29 is 19.1 Å². The second kappa shape index (κ2) is 9.46. The summed E-state index contributed by atoms with van der Waals surface area (Å²) in [5.41, 5.74) is 3.15. The molecule has 0 aliphatic heterocycles. The standard InChI is InChI=1S/C21H23ClN2O4/c1-26-19-11-14(10-17(22)21(19)27-2)12-23-28-13-20(25)24-18-9-5-7-15-6-3-4-8-16(15)18/h3-4,6,8,10-12,18H,5,7,9,13H2,1-2H3,(H,24,25)/b23-12-/t18-/m1/s1. The largest absolute Gasteiger partial charge is 0.493 e. The average Bonchev–Trinajstić information content (AvgIpc) is 2.71. The van der Waals surface area contributed by atoms with Crippen LogP contribution in [0.5, 0.6) is 11.5 Å². The quantitative estimate of drug-likeness (QED) is 0.563. The molecule has 0 aromatic heterocycles. The highest BCUT2D eigenvalue weighted by Gasteiger charge is 2.21. The van der Waals surface area contributed by atoms with Crippen molar-refractivity contribution in [3.8, 4) is 11.5 Å². The summed E-state index contributed by atoms with van der Waals surface area (Å²) in [6.45, 7) is -0.157. The van der Waals surface area contributed by atoms with Crippen LogP contribution in [-0.2, 0) is 16.1 Å². The number of hydrogen-bond donors (Lipinski definition) is 1. The van der Waals surface area contributed by atoms with Crippen LogP contribution in [0.1, 0.15) is 35.6 Å². The molecule has 1 amide bonds. The smallest absolute Gasteiger partial charge is 0.261 e. The molecule has 0 saturated carbocycles. The van der Waals surface area contributed by atoms with E-state index in [9.17, 15) is 4.79 Å². The number of rotatable bonds is 7. The summed E-state index contributed by atoms with van der Waals surface area (Å²) in [4.78, 5) is 17.3. The zero-order valence-electron chi connectivity index (χ0n) is 15.9. The van der Waals surface area contributed by atoms with Crippen LogP contribution in [-0.4, -0.2) is 32.9 Å². The van der Waals surface area contributed by atoms with E-state index in [0.717, 1.165) is 19.3 Å². The van der Waals surface area contributed by atoms with Gasteiger partial charge in [0.25, 0.3) is 5.91 Å². The number of carbonyl (C=O) groups excluding carboxylic acids is 1. The molecular formula is C21H23ClN2O4. The first-order chi connectivity index (χ1) is 13.6. The van der Waals surface area contributed by atoms with E-state index < -0.39 is 0 Å². The van der Waals surface area contributed by atoms with Crippen LogP contribution < -0.4 is 14.8 Å². The molecule has 3 rings (SSSR count). The van der Waals surface area contributed by atoms with Crippen LogP contribution >= 0.6 is 11.6 Å². The van der Waals surface area contributed by atoms with Gasteiger partial charge in [0.1, 0.15) is 0 Å². The summed E-state index contributed by atoms with van der Waals surface area (Å²) >= 11 is 6.15. The summed E-state index contributed by atoms with van der Waals surface area (Å²) in [6.07, 6.45) is 4.51. The average molecular weight is 403 g/mol. The Morgan fingerprint density at radius 3 is 2.89 bits per heavy atom. The molecule has 0 bridgehead atoms. The number of oxime groups is 1. The zero-order valence-corrected chi connectivity index (χ0v) is 16.7. The molecule has 0 fully saturated rings. The molecule has 0 saturated heterocycles. The number of aryl methyl sites for hydroxylation is 1. The number of nitrogens with zero attached hydrogens (tertiary/aromatic N) is 1. The number of benzene rings is 2. The predicted octanol–water partition coefficient (Wildman–Crippen LogP) is 3.90. The summed E-state index contributed by atoms with van der Waals surface area (Å²) in [5, 5.41) is 7.27. The van der Waals surface area contributed by atoms with Crippen LogP contribution in [0.15, 0.2) is 41.6 Å². The van der Waals surface area contributed by atoms with E-state index in [1.807, 2.05) is 12.1 Å². The molecule has 0 heterocycles. The Bertz CT molecular complexity index is 869. The van der Waals surface area contributed by atoms with Crippen LogP contribution in [0.3, 0.4) is 0 Å². The van der Waals surface area contributed by atoms with Crippen molar-refractivity contribution in [3.05, 3.63) is 58.1 Å². The van der Waals surface area contributed by atoms with E-state index in [-0.39, 0.29) is 18.6 Å². The number of carbonyl (C=O) groups is 1. The fourth-order valence-corrected chi connectivity index (χ4v) is 3.64. The molecule has 1 aliphatic rings. The van der Waals surface area contributed by atoms with Crippen LogP contribution in [0.4, 0.5) is 0 Å². The number of ether oxygens (including phenoxy) is 2. The topological polar surface area (TPSA) is 69.2 Å². The Balaban J connectivity index is 1.54. The summed E-state index contributed by atoms with van der Waals surface area (Å²) in [6, 6.07) is 11.6. The predicted molar refractivity (Wildman–Crippen MR) is 108 cm³/mol. The van der Waals surface area contributed by atoms with Gasteiger partial charge < -0.3 is 19.6 Å². The van der Waals surface area contributed by atoms with Gasteiger partial charge in [-0.25, -0.2) is 0 Å². The highest BCUT2D eigenvalue weighted by atomic mass is 35.5. The minimum absolute atomic E-state index is 0.0229. The van der Waals surface area contributed by atoms with E-state index in [1.165, 1.54) is 31.6 Å². The number of nitrogens with one attached hydrogen (secondary N) is 1. The molecule has 2 aromatic rings. The van der Waals surface area contributed by atoms with Crippen LogP contribution in [0.25, 0.3) is 0 Å². The Hall–Kier alpha value is -2.73. The van der Waals surface area contributed by atoms with E-state index in [4.69, 9.17) is 25.9 Å². The van der Waals surface area contributed by atoms with Gasteiger partial charge in [-0.05, 0) is 42.5 Å². The van der Waals surface area contributed by atoms with Gasteiger partial charge >= 0.3 is 0 Å². The molecule has 0 unspecified atom stereocenters. The number of methoxy groups -OCH3 is 2. The van der Waals surface area contributed by atoms with Gasteiger partial charge in [0, 0.05) is 5.56 Å². The summed E-state index contributed by atoms with van der Waals surface area (Å²) in [7, 11) is 3.04. The number of fused-ring (bicyclic) bond motifs is 1. The first kappa shape index (κ1) is 20.0. The minimum atomic E-state index is -0.204. The molecule has 2 aromatic carbocycles. The van der Waals surface area contributed by atoms with Gasteiger partial charge in [0.15, 0.2) is 18.1 Å². The minimum Gasteiger partial charge on any atom is -0.493 e. The molecule has 1 atom stereocenters. The van der Waals surface area contributed by atoms with Crippen molar-refractivity contribution >= 4 is 23.7 Å². The summed E-state index contributed by atoms with van der Waals surface area (Å²) in [5.74, 6) is 0.740. The summed E-state index contributed by atoms with van der Waals surface area (Å²) < 4.78 is 10.4. The lowest BCUT2D eigenvalue weighted by Crippen LogP contribution is -2.33. The maximum atomic E-state index is 12.2. The molecule has 148 valence electrons. The number of amides is 1. The Labute approximate surface area is 169 Å². The van der Waals surface area contributed by atoms with Crippen molar-refractivity contribution in [1.82, 2.24) is 5.32 Å². The molecule has 28 heavy (non-hydrogen) atoms. The fourth-order valence-electron chi connectivity index (χ4n) is 3.35. The third-order valence-corrected chi connectivity index (χ3v) is 4.91. The first-order valence-electron chi connectivity index (χ1n) is 9.06. The monoisotopic (exact) mass is 402 g/mol. The van der Waals surface area contributed by atoms with Crippen LogP contribution in [0, 0.1) is 0 Å². The molecule has 1 aliphatic carbocycles. The Kier molecular flexibility index (Phi) is 6.76. The van der Waals surface area contributed by atoms with Gasteiger partial charge in [0.2, 0.25) is 0 Å². The number of hydrogen-bond acceptors (Lipinski definition) is 5. The third kappa shape index (κ3) is 4.75. The molecule has 0 spiro atoms. The van der Waals surface area contributed by atoms with E-state index >= 15 is 0 Å². The van der Waals surface area contributed by atoms with Crippen molar-refractivity contribution in [2.24, 2.45) is 5.16 Å². The Morgan fingerprint density at radius 2 is 2.11 bits per heavy atom. The SMILES string of the molecule is COc1cc(/C=N\OCC(=O)N[C@@H]2CCCc3ccccc32)cc(Cl)c1OC. The highest BCUT2D eigenvalue weighted by Crippen LogP contribution is 2.35.